The van der Waals surface area contributed by atoms with Gasteiger partial charge in [-0.15, -0.1) is 0 Å². The van der Waals surface area contributed by atoms with Crippen LogP contribution < -0.4 is 4.74 Å². The molecular weight excluding hydrogens is 601 g/mol. The average molecular weight is 635 g/mol. The molecule has 4 aromatic heterocycles. The normalized spacial score (nSPS) is 13.6. The highest BCUT2D eigenvalue weighted by Gasteiger charge is 2.35. The van der Waals surface area contributed by atoms with E-state index in [2.05, 4.69) is 147 Å². The first-order valence-corrected chi connectivity index (χ1v) is 16.9. The van der Waals surface area contributed by atoms with Crippen LogP contribution in [0, 0.1) is 20.8 Å². The summed E-state index contributed by atoms with van der Waals surface area (Å²) in [5.41, 5.74) is 12.7. The maximum Gasteiger partial charge on any atom is 0.146 e. The van der Waals surface area contributed by atoms with Crippen LogP contribution >= 0.6 is 0 Å². The third kappa shape index (κ3) is 3.87. The number of hydrogen-bond acceptors (Lipinski definition) is 3. The Bertz CT molecular complexity index is 2850. The molecule has 5 heteroatoms. The van der Waals surface area contributed by atoms with E-state index in [-0.39, 0.29) is 5.41 Å². The zero-order chi connectivity index (χ0) is 33.2. The predicted octanol–water partition coefficient (Wildman–Crippen LogP) is 11.2. The molecule has 0 aliphatic carbocycles. The summed E-state index contributed by atoms with van der Waals surface area (Å²) in [5, 5.41) is 5.82. The number of nitrogens with zero attached hydrogens (tertiary/aromatic N) is 4. The number of aryl methyl sites for hydroxylation is 3. The second-order valence-corrected chi connectivity index (χ2v) is 14.1. The van der Waals surface area contributed by atoms with E-state index in [1.807, 2.05) is 12.3 Å². The van der Waals surface area contributed by atoms with Gasteiger partial charge in [-0.3, -0.25) is 8.97 Å². The van der Waals surface area contributed by atoms with Crippen LogP contribution in [0.15, 0.2) is 116 Å². The van der Waals surface area contributed by atoms with E-state index >= 15 is 0 Å². The van der Waals surface area contributed by atoms with E-state index in [0.717, 1.165) is 50.5 Å². The molecule has 0 spiro atoms. The lowest BCUT2D eigenvalue weighted by molar-refractivity contribution is 0.484. The molecule has 0 radical (unpaired) electrons. The number of aromatic nitrogens is 4. The van der Waals surface area contributed by atoms with Crippen LogP contribution in [0.3, 0.4) is 0 Å². The Labute approximate surface area is 284 Å². The SMILES string of the molecule is Cc1cc(C)c(-c2cn3c4ccccc4c4ccc(Oc5ccc6c7cccc8c7n(c6c5)-c5ncccc5C8(C)C)cc4c3n2)c(C)c1. The molecule has 0 fully saturated rings. The van der Waals surface area contributed by atoms with Gasteiger partial charge in [0.05, 0.1) is 22.2 Å². The van der Waals surface area contributed by atoms with Crippen LogP contribution in [0.5, 0.6) is 11.5 Å². The van der Waals surface area contributed by atoms with Crippen LogP contribution in [0.4, 0.5) is 0 Å². The van der Waals surface area contributed by atoms with Gasteiger partial charge in [-0.1, -0.05) is 74.0 Å². The molecule has 1 aliphatic rings. The molecule has 10 rings (SSSR count). The Kier molecular flexibility index (Phi) is 5.62. The Balaban J connectivity index is 1.15. The Morgan fingerprint density at radius 2 is 1.35 bits per heavy atom. The van der Waals surface area contributed by atoms with Crippen molar-refractivity contribution in [2.24, 2.45) is 0 Å². The van der Waals surface area contributed by atoms with Gasteiger partial charge in [-0.2, -0.15) is 0 Å². The lowest BCUT2D eigenvalue weighted by Crippen LogP contribution is -2.26. The predicted molar refractivity (Wildman–Crippen MR) is 201 cm³/mol. The van der Waals surface area contributed by atoms with Crippen LogP contribution in [0.25, 0.3) is 66.2 Å². The molecule has 0 saturated carbocycles. The number of fused-ring (bicyclic) bond motifs is 11. The fraction of sp³-hybridized carbons (Fsp3) is 0.136. The molecule has 5 aromatic carbocycles. The summed E-state index contributed by atoms with van der Waals surface area (Å²) in [7, 11) is 0. The molecule has 0 saturated heterocycles. The lowest BCUT2D eigenvalue weighted by atomic mass is 9.76. The van der Waals surface area contributed by atoms with Gasteiger partial charge in [0.25, 0.3) is 0 Å². The Morgan fingerprint density at radius 1 is 0.633 bits per heavy atom. The van der Waals surface area contributed by atoms with Crippen molar-refractivity contribution in [3.8, 4) is 28.6 Å². The fourth-order valence-corrected chi connectivity index (χ4v) is 8.55. The summed E-state index contributed by atoms with van der Waals surface area (Å²) in [6.45, 7) is 11.1. The van der Waals surface area contributed by atoms with E-state index in [1.165, 1.54) is 55.1 Å². The lowest BCUT2D eigenvalue weighted by Gasteiger charge is -2.33. The number of pyridine rings is 2. The van der Waals surface area contributed by atoms with Crippen molar-refractivity contribution >= 4 is 49.1 Å². The van der Waals surface area contributed by atoms with Crippen molar-refractivity contribution in [3.05, 3.63) is 143 Å². The third-order valence-corrected chi connectivity index (χ3v) is 10.7. The maximum atomic E-state index is 6.70. The molecule has 0 N–H and O–H groups in total. The summed E-state index contributed by atoms with van der Waals surface area (Å²) < 4.78 is 11.3. The smallest absolute Gasteiger partial charge is 0.146 e. The first kappa shape index (κ1) is 28.1. The van der Waals surface area contributed by atoms with Crippen LogP contribution in [-0.4, -0.2) is 18.9 Å². The highest BCUT2D eigenvalue weighted by atomic mass is 16.5. The monoisotopic (exact) mass is 634 g/mol. The van der Waals surface area contributed by atoms with Crippen molar-refractivity contribution in [3.63, 3.8) is 0 Å². The second kappa shape index (κ2) is 9.80. The quantitative estimate of drug-likeness (QED) is 0.182. The molecule has 49 heavy (non-hydrogen) atoms. The first-order valence-electron chi connectivity index (χ1n) is 16.9. The minimum Gasteiger partial charge on any atom is -0.457 e. The molecular formula is C44H34N4O. The average Bonchev–Trinajstić information content (AvgIpc) is 3.67. The zero-order valence-electron chi connectivity index (χ0n) is 28.2. The summed E-state index contributed by atoms with van der Waals surface area (Å²) in [6, 6.07) is 36.8. The van der Waals surface area contributed by atoms with Crippen LogP contribution in [0.1, 0.15) is 41.7 Å². The topological polar surface area (TPSA) is 44.4 Å². The fourth-order valence-electron chi connectivity index (χ4n) is 8.55. The van der Waals surface area contributed by atoms with Crippen molar-refractivity contribution in [1.82, 2.24) is 18.9 Å². The third-order valence-electron chi connectivity index (χ3n) is 10.7. The number of para-hydroxylation sites is 2. The number of imidazole rings is 1. The minimum atomic E-state index is -0.156. The van der Waals surface area contributed by atoms with Gasteiger partial charge < -0.3 is 4.74 Å². The van der Waals surface area contributed by atoms with E-state index in [9.17, 15) is 0 Å². The van der Waals surface area contributed by atoms with Gasteiger partial charge in [0.1, 0.15) is 23.0 Å². The first-order chi connectivity index (χ1) is 23.8. The van der Waals surface area contributed by atoms with E-state index < -0.39 is 0 Å². The number of rotatable bonds is 3. The molecule has 5 nitrogen and oxygen atoms in total. The highest BCUT2D eigenvalue weighted by molar-refractivity contribution is 6.13. The van der Waals surface area contributed by atoms with Gasteiger partial charge >= 0.3 is 0 Å². The molecule has 1 aliphatic heterocycles. The molecule has 0 unspecified atom stereocenters. The molecule has 5 heterocycles. The second-order valence-electron chi connectivity index (χ2n) is 14.1. The van der Waals surface area contributed by atoms with E-state index in [1.54, 1.807) is 0 Å². The van der Waals surface area contributed by atoms with E-state index in [4.69, 9.17) is 14.7 Å². The van der Waals surface area contributed by atoms with Crippen molar-refractivity contribution in [2.45, 2.75) is 40.0 Å². The largest absolute Gasteiger partial charge is 0.457 e. The molecule has 0 amide bonds. The van der Waals surface area contributed by atoms with Crippen molar-refractivity contribution in [2.75, 3.05) is 0 Å². The maximum absolute atomic E-state index is 6.70. The zero-order valence-corrected chi connectivity index (χ0v) is 28.2. The van der Waals surface area contributed by atoms with Gasteiger partial charge in [0.15, 0.2) is 0 Å². The van der Waals surface area contributed by atoms with Gasteiger partial charge in [-0.05, 0) is 85.3 Å². The van der Waals surface area contributed by atoms with Gasteiger partial charge in [0, 0.05) is 56.5 Å². The van der Waals surface area contributed by atoms with Gasteiger partial charge in [-0.25, -0.2) is 9.97 Å². The number of ether oxygens (including phenoxy) is 1. The Hall–Kier alpha value is -5.94. The van der Waals surface area contributed by atoms with Crippen molar-refractivity contribution < 1.29 is 4.74 Å². The summed E-state index contributed by atoms with van der Waals surface area (Å²) >= 11 is 0. The molecule has 0 bridgehead atoms. The summed E-state index contributed by atoms with van der Waals surface area (Å²) in [5.74, 6) is 2.53. The van der Waals surface area contributed by atoms with Crippen molar-refractivity contribution in [1.29, 1.82) is 0 Å². The van der Waals surface area contributed by atoms with E-state index in [0.29, 0.717) is 0 Å². The number of hydrogen-bond donors (Lipinski definition) is 0. The molecule has 0 atom stereocenters. The highest BCUT2D eigenvalue weighted by Crippen LogP contribution is 2.47. The summed E-state index contributed by atoms with van der Waals surface area (Å²) in [6.07, 6.45) is 4.08. The number of benzene rings is 5. The van der Waals surface area contributed by atoms with Crippen LogP contribution in [-0.2, 0) is 5.41 Å². The summed E-state index contributed by atoms with van der Waals surface area (Å²) in [4.78, 5) is 10.2. The minimum absolute atomic E-state index is 0.156. The Morgan fingerprint density at radius 3 is 2.18 bits per heavy atom. The van der Waals surface area contributed by atoms with Crippen LogP contribution in [0.2, 0.25) is 0 Å². The molecule has 236 valence electrons. The van der Waals surface area contributed by atoms with Gasteiger partial charge in [0.2, 0.25) is 0 Å². The standard InChI is InChI=1S/C44H34N4O/c1-25-20-26(2)40(27(3)21-25)37-24-47-38-14-7-6-10-31(38)30-17-15-28(22-34(30)42(47)46-37)49-29-16-18-32-33-11-8-12-35-41(33)48(39(32)23-29)43-36(44(35,4)5)13-9-19-45-43/h6-24H,1-5H3. The molecule has 9 aromatic rings.